The maximum absolute atomic E-state index is 8.35. The second-order valence-corrected chi connectivity index (χ2v) is 4.16. The molecule has 0 aliphatic heterocycles. The molecular weight excluding hydrogens is 138 g/mol. The van der Waals surface area contributed by atoms with E-state index in [0.717, 1.165) is 23.7 Å². The summed E-state index contributed by atoms with van der Waals surface area (Å²) in [5, 5.41) is 3.91. The second kappa shape index (κ2) is 1.72. The van der Waals surface area contributed by atoms with Gasteiger partial charge in [0.1, 0.15) is 0 Å². The first-order valence-corrected chi connectivity index (χ1v) is 4.46. The molecule has 58 valence electrons. The molecule has 4 saturated carbocycles. The average Bonchev–Trinajstić information content (AvgIpc) is 2.49. The summed E-state index contributed by atoms with van der Waals surface area (Å²) in [5.41, 5.74) is 8.35. The highest BCUT2D eigenvalue weighted by molar-refractivity contribution is 5.13. The first kappa shape index (κ1) is 5.90. The van der Waals surface area contributed by atoms with E-state index >= 15 is 0 Å². The van der Waals surface area contributed by atoms with E-state index in [1.807, 2.05) is 0 Å². The van der Waals surface area contributed by atoms with Gasteiger partial charge in [-0.2, -0.15) is 0 Å². The van der Waals surface area contributed by atoms with Gasteiger partial charge in [-0.25, -0.2) is 0 Å². The molecule has 4 fully saturated rings. The monoisotopic (exact) mass is 149 g/mol. The first-order valence-electron chi connectivity index (χ1n) is 4.46. The van der Waals surface area contributed by atoms with Gasteiger partial charge in [0.05, 0.1) is 0 Å². The van der Waals surface area contributed by atoms with Crippen LogP contribution in [-0.2, 0) is 0 Å². The molecule has 0 aromatic carbocycles. The molecule has 4 aliphatic carbocycles. The van der Waals surface area contributed by atoms with Crippen LogP contribution in [0.2, 0.25) is 0 Å². The molecule has 0 amide bonds. The highest BCUT2D eigenvalue weighted by Gasteiger charge is 2.61. The molecule has 4 aliphatic rings. The van der Waals surface area contributed by atoms with Crippen LogP contribution >= 0.6 is 0 Å². The maximum atomic E-state index is 8.35. The van der Waals surface area contributed by atoms with Crippen LogP contribution in [0.4, 0.5) is 0 Å². The summed E-state index contributed by atoms with van der Waals surface area (Å²) in [6, 6.07) is 0.392. The Morgan fingerprint density at radius 1 is 1.09 bits per heavy atom. The van der Waals surface area contributed by atoms with E-state index in [1.165, 1.54) is 19.3 Å². The molecule has 0 saturated heterocycles. The molecule has 0 heterocycles. The SMILES string of the molecule is [N-]=[N+]=NC1C2CCC3C2CC31. The van der Waals surface area contributed by atoms with Crippen LogP contribution in [0, 0.1) is 23.7 Å². The maximum Gasteiger partial charge on any atom is 0.0436 e. The molecule has 5 unspecified atom stereocenters. The van der Waals surface area contributed by atoms with E-state index in [2.05, 4.69) is 10.0 Å². The van der Waals surface area contributed by atoms with E-state index < -0.39 is 0 Å². The molecule has 0 aromatic heterocycles. The van der Waals surface area contributed by atoms with Gasteiger partial charge >= 0.3 is 0 Å². The zero-order valence-electron chi connectivity index (χ0n) is 6.35. The van der Waals surface area contributed by atoms with Gasteiger partial charge < -0.3 is 0 Å². The van der Waals surface area contributed by atoms with E-state index in [4.69, 9.17) is 5.53 Å². The molecule has 3 nitrogen and oxygen atoms in total. The normalized spacial score (nSPS) is 56.9. The topological polar surface area (TPSA) is 48.8 Å². The van der Waals surface area contributed by atoms with Gasteiger partial charge in [-0.3, -0.25) is 0 Å². The van der Waals surface area contributed by atoms with Gasteiger partial charge in [0, 0.05) is 11.0 Å². The molecule has 11 heavy (non-hydrogen) atoms. The van der Waals surface area contributed by atoms with Crippen molar-refractivity contribution in [3.05, 3.63) is 10.4 Å². The Morgan fingerprint density at radius 2 is 1.91 bits per heavy atom. The third-order valence-corrected chi connectivity index (χ3v) is 4.09. The van der Waals surface area contributed by atoms with Crippen molar-refractivity contribution in [3.8, 4) is 0 Å². The summed E-state index contributed by atoms with van der Waals surface area (Å²) in [6.45, 7) is 0. The van der Waals surface area contributed by atoms with Crippen molar-refractivity contribution in [3.63, 3.8) is 0 Å². The van der Waals surface area contributed by atoms with Crippen molar-refractivity contribution in [2.75, 3.05) is 0 Å². The van der Waals surface area contributed by atoms with Gasteiger partial charge in [0.25, 0.3) is 0 Å². The van der Waals surface area contributed by atoms with Crippen molar-refractivity contribution in [1.29, 1.82) is 0 Å². The lowest BCUT2D eigenvalue weighted by Gasteiger charge is -2.34. The quantitative estimate of drug-likeness (QED) is 0.312. The Morgan fingerprint density at radius 3 is 2.55 bits per heavy atom. The fraction of sp³-hybridized carbons (Fsp3) is 1.00. The molecule has 0 N–H and O–H groups in total. The number of azide groups is 1. The van der Waals surface area contributed by atoms with Crippen LogP contribution in [0.1, 0.15) is 19.3 Å². The lowest BCUT2D eigenvalue weighted by Crippen LogP contribution is -2.29. The van der Waals surface area contributed by atoms with E-state index in [1.54, 1.807) is 0 Å². The molecular formula is C8H11N3. The summed E-state index contributed by atoms with van der Waals surface area (Å²) in [5.74, 6) is 3.47. The summed E-state index contributed by atoms with van der Waals surface area (Å²) in [6.07, 6.45) is 4.10. The lowest BCUT2D eigenvalue weighted by molar-refractivity contribution is 0.163. The Balaban J connectivity index is 1.94. The number of hydrogen-bond acceptors (Lipinski definition) is 1. The van der Waals surface area contributed by atoms with Gasteiger partial charge in [-0.15, -0.1) is 0 Å². The standard InChI is InChI=1S/C8H11N3/c9-11-10-8-5-2-1-4-6(5)3-7(4)8/h4-8H,1-3H2. The number of rotatable bonds is 1. The smallest absolute Gasteiger partial charge is 0.0436 e. The molecule has 0 aromatic rings. The van der Waals surface area contributed by atoms with Gasteiger partial charge in [-0.05, 0) is 48.5 Å². The number of hydrogen-bond donors (Lipinski definition) is 0. The molecule has 0 spiro atoms. The van der Waals surface area contributed by atoms with Crippen molar-refractivity contribution in [2.45, 2.75) is 25.3 Å². The molecule has 4 bridgehead atoms. The van der Waals surface area contributed by atoms with Crippen LogP contribution in [0.15, 0.2) is 5.11 Å². The zero-order chi connectivity index (χ0) is 7.42. The first-order chi connectivity index (χ1) is 5.42. The Bertz CT molecular complexity index is 244. The van der Waals surface area contributed by atoms with Crippen LogP contribution in [0.3, 0.4) is 0 Å². The summed E-state index contributed by atoms with van der Waals surface area (Å²) in [7, 11) is 0. The van der Waals surface area contributed by atoms with Crippen molar-refractivity contribution in [1.82, 2.24) is 0 Å². The van der Waals surface area contributed by atoms with Gasteiger partial charge in [0.15, 0.2) is 0 Å². The fourth-order valence-corrected chi connectivity index (χ4v) is 3.67. The Labute approximate surface area is 65.4 Å². The third-order valence-electron chi connectivity index (χ3n) is 4.09. The third kappa shape index (κ3) is 0.507. The van der Waals surface area contributed by atoms with Gasteiger partial charge in [0.2, 0.25) is 0 Å². The van der Waals surface area contributed by atoms with Crippen LogP contribution in [0.5, 0.6) is 0 Å². The Hall–Kier alpha value is -0.690. The molecule has 3 heteroatoms. The van der Waals surface area contributed by atoms with Crippen LogP contribution < -0.4 is 0 Å². The lowest BCUT2D eigenvalue weighted by atomic mass is 9.72. The number of nitrogens with zero attached hydrogens (tertiary/aromatic N) is 3. The molecule has 5 atom stereocenters. The van der Waals surface area contributed by atoms with E-state index in [0.29, 0.717) is 6.04 Å². The van der Waals surface area contributed by atoms with Crippen LogP contribution in [-0.4, -0.2) is 6.04 Å². The predicted molar refractivity (Wildman–Crippen MR) is 40.7 cm³/mol. The molecule has 4 rings (SSSR count). The van der Waals surface area contributed by atoms with E-state index in [-0.39, 0.29) is 0 Å². The predicted octanol–water partition coefficient (Wildman–Crippen LogP) is 2.34. The van der Waals surface area contributed by atoms with E-state index in [9.17, 15) is 0 Å². The average molecular weight is 149 g/mol. The fourth-order valence-electron chi connectivity index (χ4n) is 3.67. The van der Waals surface area contributed by atoms with Gasteiger partial charge in [-0.1, -0.05) is 5.11 Å². The van der Waals surface area contributed by atoms with Crippen molar-refractivity contribution < 1.29 is 0 Å². The summed E-state index contributed by atoms with van der Waals surface area (Å²) >= 11 is 0. The second-order valence-electron chi connectivity index (χ2n) is 4.16. The molecule has 0 radical (unpaired) electrons. The minimum absolute atomic E-state index is 0.392. The minimum Gasteiger partial charge on any atom is -0.0900 e. The largest absolute Gasteiger partial charge is 0.0900 e. The highest BCUT2D eigenvalue weighted by Crippen LogP contribution is 2.66. The summed E-state index contributed by atoms with van der Waals surface area (Å²) < 4.78 is 0. The van der Waals surface area contributed by atoms with Crippen LogP contribution in [0.25, 0.3) is 10.4 Å². The Kier molecular flexibility index (Phi) is 0.924. The highest BCUT2D eigenvalue weighted by atomic mass is 15.2. The van der Waals surface area contributed by atoms with Crippen molar-refractivity contribution in [2.24, 2.45) is 28.8 Å². The minimum atomic E-state index is 0.392. The zero-order valence-corrected chi connectivity index (χ0v) is 6.35. The summed E-state index contributed by atoms with van der Waals surface area (Å²) in [4.78, 5) is 2.94. The van der Waals surface area contributed by atoms with Crippen molar-refractivity contribution >= 4 is 0 Å².